The van der Waals surface area contributed by atoms with Crippen LogP contribution in [-0.4, -0.2) is 55.6 Å². The van der Waals surface area contributed by atoms with E-state index in [1.165, 1.54) is 4.90 Å². The van der Waals surface area contributed by atoms with Gasteiger partial charge in [0.05, 0.1) is 19.3 Å². The number of nitrogens with one attached hydrogen (secondary N) is 1. The SMILES string of the molecule is CCCC(N)C(=O)N1CCOCC1C(=O)NC. The number of likely N-dealkylation sites (N-methyl/N-ethyl adjacent to an activating group) is 1. The minimum absolute atomic E-state index is 0.163. The molecule has 0 aromatic heterocycles. The van der Waals surface area contributed by atoms with Crippen molar-refractivity contribution in [3.8, 4) is 0 Å². The summed E-state index contributed by atoms with van der Waals surface area (Å²) in [5, 5.41) is 2.54. The number of ether oxygens (including phenoxy) is 1. The fraction of sp³-hybridized carbons (Fsp3) is 0.818. The van der Waals surface area contributed by atoms with E-state index in [2.05, 4.69) is 5.32 Å². The molecular weight excluding hydrogens is 222 g/mol. The van der Waals surface area contributed by atoms with Crippen LogP contribution in [0.3, 0.4) is 0 Å². The number of carbonyl (C=O) groups is 2. The highest BCUT2D eigenvalue weighted by atomic mass is 16.5. The van der Waals surface area contributed by atoms with Crippen molar-refractivity contribution in [2.45, 2.75) is 31.8 Å². The summed E-state index contributed by atoms with van der Waals surface area (Å²) in [6, 6.07) is -1.07. The van der Waals surface area contributed by atoms with Gasteiger partial charge in [0.15, 0.2) is 0 Å². The Morgan fingerprint density at radius 2 is 2.29 bits per heavy atom. The van der Waals surface area contributed by atoms with Gasteiger partial charge in [0, 0.05) is 13.6 Å². The molecule has 3 N–H and O–H groups in total. The summed E-state index contributed by atoms with van der Waals surface area (Å²) in [6.07, 6.45) is 1.48. The molecule has 6 heteroatoms. The van der Waals surface area contributed by atoms with Crippen molar-refractivity contribution in [1.29, 1.82) is 0 Å². The molecule has 6 nitrogen and oxygen atoms in total. The molecule has 0 aromatic rings. The van der Waals surface area contributed by atoms with Crippen LogP contribution in [-0.2, 0) is 14.3 Å². The lowest BCUT2D eigenvalue weighted by atomic mass is 10.1. The van der Waals surface area contributed by atoms with Gasteiger partial charge in [0.25, 0.3) is 0 Å². The van der Waals surface area contributed by atoms with Crippen LogP contribution in [0.4, 0.5) is 0 Å². The number of rotatable bonds is 4. The lowest BCUT2D eigenvalue weighted by Crippen LogP contribution is -2.58. The quantitative estimate of drug-likeness (QED) is 0.669. The molecule has 1 saturated heterocycles. The first-order chi connectivity index (χ1) is 8.11. The van der Waals surface area contributed by atoms with Gasteiger partial charge in [-0.05, 0) is 6.42 Å². The van der Waals surface area contributed by atoms with Crippen molar-refractivity contribution >= 4 is 11.8 Å². The van der Waals surface area contributed by atoms with Crippen LogP contribution in [0.15, 0.2) is 0 Å². The smallest absolute Gasteiger partial charge is 0.244 e. The maximum absolute atomic E-state index is 12.1. The van der Waals surface area contributed by atoms with Gasteiger partial charge in [0.1, 0.15) is 6.04 Å². The third kappa shape index (κ3) is 3.41. The number of nitrogens with zero attached hydrogens (tertiary/aromatic N) is 1. The lowest BCUT2D eigenvalue weighted by Gasteiger charge is -2.35. The Bertz CT molecular complexity index is 283. The van der Waals surface area contributed by atoms with Crippen LogP contribution in [0, 0.1) is 0 Å². The van der Waals surface area contributed by atoms with Gasteiger partial charge in [0.2, 0.25) is 11.8 Å². The van der Waals surface area contributed by atoms with Crippen molar-refractivity contribution in [2.75, 3.05) is 26.8 Å². The van der Waals surface area contributed by atoms with Gasteiger partial charge >= 0.3 is 0 Å². The average molecular weight is 243 g/mol. The van der Waals surface area contributed by atoms with Crippen LogP contribution >= 0.6 is 0 Å². The minimum atomic E-state index is -0.552. The van der Waals surface area contributed by atoms with E-state index in [4.69, 9.17) is 10.5 Å². The van der Waals surface area contributed by atoms with Crippen molar-refractivity contribution in [3.63, 3.8) is 0 Å². The van der Waals surface area contributed by atoms with E-state index in [0.717, 1.165) is 6.42 Å². The van der Waals surface area contributed by atoms with Crippen molar-refractivity contribution < 1.29 is 14.3 Å². The average Bonchev–Trinajstić information content (AvgIpc) is 2.37. The van der Waals surface area contributed by atoms with E-state index < -0.39 is 12.1 Å². The van der Waals surface area contributed by atoms with Crippen LogP contribution in [0.2, 0.25) is 0 Å². The van der Waals surface area contributed by atoms with E-state index in [1.54, 1.807) is 7.05 Å². The monoisotopic (exact) mass is 243 g/mol. The molecule has 0 bridgehead atoms. The molecule has 0 aromatic carbocycles. The third-order valence-corrected chi connectivity index (χ3v) is 2.88. The Morgan fingerprint density at radius 3 is 2.88 bits per heavy atom. The van der Waals surface area contributed by atoms with Crippen LogP contribution in [0.25, 0.3) is 0 Å². The summed E-state index contributed by atoms with van der Waals surface area (Å²) in [5.74, 6) is -0.370. The predicted molar refractivity (Wildman–Crippen MR) is 63.3 cm³/mol. The second-order valence-corrected chi connectivity index (χ2v) is 4.13. The van der Waals surface area contributed by atoms with Crippen LogP contribution in [0.5, 0.6) is 0 Å². The first-order valence-electron chi connectivity index (χ1n) is 5.97. The van der Waals surface area contributed by atoms with Gasteiger partial charge in [-0.1, -0.05) is 13.3 Å². The standard InChI is InChI=1S/C11H21N3O3/c1-3-4-8(12)11(16)14-5-6-17-7-9(14)10(15)13-2/h8-9H,3-7,12H2,1-2H3,(H,13,15). The molecule has 2 unspecified atom stereocenters. The first-order valence-corrected chi connectivity index (χ1v) is 5.97. The van der Waals surface area contributed by atoms with Gasteiger partial charge in [-0.3, -0.25) is 9.59 Å². The Morgan fingerprint density at radius 1 is 1.59 bits per heavy atom. The summed E-state index contributed by atoms with van der Waals surface area (Å²) in [5.41, 5.74) is 5.80. The molecular formula is C11H21N3O3. The Labute approximate surface area is 101 Å². The summed E-state index contributed by atoms with van der Waals surface area (Å²) < 4.78 is 5.23. The number of carbonyl (C=O) groups excluding carboxylic acids is 2. The summed E-state index contributed by atoms with van der Waals surface area (Å²) in [4.78, 5) is 25.3. The molecule has 1 fully saturated rings. The van der Waals surface area contributed by atoms with Crippen LogP contribution in [0.1, 0.15) is 19.8 Å². The molecule has 0 radical (unpaired) electrons. The fourth-order valence-electron chi connectivity index (χ4n) is 1.90. The maximum atomic E-state index is 12.1. The second-order valence-electron chi connectivity index (χ2n) is 4.13. The van der Waals surface area contributed by atoms with E-state index in [9.17, 15) is 9.59 Å². The van der Waals surface area contributed by atoms with Crippen LogP contribution < -0.4 is 11.1 Å². The molecule has 17 heavy (non-hydrogen) atoms. The summed E-state index contributed by atoms with van der Waals surface area (Å²) in [7, 11) is 1.55. The largest absolute Gasteiger partial charge is 0.377 e. The molecule has 2 atom stereocenters. The Kier molecular flexibility index (Phi) is 5.37. The van der Waals surface area contributed by atoms with E-state index >= 15 is 0 Å². The fourth-order valence-corrected chi connectivity index (χ4v) is 1.90. The zero-order valence-corrected chi connectivity index (χ0v) is 10.4. The number of nitrogens with two attached hydrogens (primary N) is 1. The summed E-state index contributed by atoms with van der Waals surface area (Å²) in [6.45, 7) is 3.10. The maximum Gasteiger partial charge on any atom is 0.244 e. The van der Waals surface area contributed by atoms with E-state index in [1.807, 2.05) is 6.92 Å². The zero-order chi connectivity index (χ0) is 12.8. The highest BCUT2D eigenvalue weighted by molar-refractivity contribution is 5.89. The van der Waals surface area contributed by atoms with E-state index in [-0.39, 0.29) is 18.4 Å². The first kappa shape index (κ1) is 13.9. The molecule has 1 rings (SSSR count). The van der Waals surface area contributed by atoms with Crippen molar-refractivity contribution in [3.05, 3.63) is 0 Å². The number of hydrogen-bond acceptors (Lipinski definition) is 4. The second kappa shape index (κ2) is 6.56. The highest BCUT2D eigenvalue weighted by Crippen LogP contribution is 2.10. The Balaban J connectivity index is 2.70. The molecule has 2 amide bonds. The van der Waals surface area contributed by atoms with Gasteiger partial charge < -0.3 is 20.7 Å². The molecule has 0 spiro atoms. The minimum Gasteiger partial charge on any atom is -0.377 e. The normalized spacial score (nSPS) is 22.1. The summed E-state index contributed by atoms with van der Waals surface area (Å²) >= 11 is 0. The van der Waals surface area contributed by atoms with Crippen molar-refractivity contribution in [1.82, 2.24) is 10.2 Å². The zero-order valence-electron chi connectivity index (χ0n) is 10.4. The molecule has 1 aliphatic heterocycles. The molecule has 1 aliphatic rings. The molecule has 1 heterocycles. The van der Waals surface area contributed by atoms with E-state index in [0.29, 0.717) is 19.6 Å². The molecule has 0 saturated carbocycles. The molecule has 0 aliphatic carbocycles. The number of hydrogen-bond donors (Lipinski definition) is 2. The highest BCUT2D eigenvalue weighted by Gasteiger charge is 2.34. The van der Waals surface area contributed by atoms with Gasteiger partial charge in [-0.2, -0.15) is 0 Å². The lowest BCUT2D eigenvalue weighted by molar-refractivity contribution is -0.149. The Hall–Kier alpha value is -1.14. The topological polar surface area (TPSA) is 84.7 Å². The van der Waals surface area contributed by atoms with Crippen molar-refractivity contribution in [2.24, 2.45) is 5.73 Å². The van der Waals surface area contributed by atoms with Gasteiger partial charge in [-0.25, -0.2) is 0 Å². The third-order valence-electron chi connectivity index (χ3n) is 2.88. The predicted octanol–water partition coefficient (Wildman–Crippen LogP) is -0.913. The molecule has 98 valence electrons. The van der Waals surface area contributed by atoms with Gasteiger partial charge in [-0.15, -0.1) is 0 Å². The number of amides is 2. The number of morpholine rings is 1.